The van der Waals surface area contributed by atoms with Crippen LogP contribution in [-0.4, -0.2) is 25.8 Å². The van der Waals surface area contributed by atoms with Gasteiger partial charge < -0.3 is 9.84 Å². The van der Waals surface area contributed by atoms with Crippen molar-refractivity contribution in [1.29, 1.82) is 0 Å². The van der Waals surface area contributed by atoms with Crippen LogP contribution >= 0.6 is 0 Å². The van der Waals surface area contributed by atoms with Gasteiger partial charge in [-0.2, -0.15) is 10.1 Å². The molecule has 0 bridgehead atoms. The predicted octanol–water partition coefficient (Wildman–Crippen LogP) is 4.25. The number of halogens is 2. The molecule has 1 aliphatic rings. The zero-order valence-corrected chi connectivity index (χ0v) is 16.5. The monoisotopic (exact) mass is 421 g/mol. The van der Waals surface area contributed by atoms with Crippen LogP contribution in [0.3, 0.4) is 0 Å². The quantitative estimate of drug-likeness (QED) is 0.532. The average Bonchev–Trinajstić information content (AvgIpc) is 3.47. The number of anilines is 1. The molecular formula is C22H17F2N5O2. The topological polar surface area (TPSA) is 85.8 Å². The van der Waals surface area contributed by atoms with E-state index in [0.29, 0.717) is 41.5 Å². The number of carbonyl (C=O) groups excluding carboxylic acids is 1. The molecule has 0 saturated heterocycles. The molecule has 1 amide bonds. The standard InChI is InChI=1S/C22H17F2N5O2/c1-12-25-21(28-31-12)14-5-2-3-7-18(14)26-22(30)20-15-6-4-8-19(15)29(27-20)13-9-10-16(23)17(24)11-13/h2-3,5,7,9-11H,4,6,8H2,1H3,(H,26,30). The molecule has 156 valence electrons. The largest absolute Gasteiger partial charge is 0.339 e. The summed E-state index contributed by atoms with van der Waals surface area (Å²) in [5, 5.41) is 11.2. The average molecular weight is 421 g/mol. The van der Waals surface area contributed by atoms with Crippen LogP contribution in [-0.2, 0) is 12.8 Å². The SMILES string of the molecule is Cc1nc(-c2ccccc2NC(=O)c2nn(-c3ccc(F)c(F)c3)c3c2CCC3)no1. The van der Waals surface area contributed by atoms with Gasteiger partial charge in [-0.15, -0.1) is 0 Å². The number of rotatable bonds is 4. The Morgan fingerprint density at radius 1 is 1.13 bits per heavy atom. The number of aromatic nitrogens is 4. The van der Waals surface area contributed by atoms with E-state index in [1.54, 1.807) is 25.1 Å². The normalized spacial score (nSPS) is 12.7. The van der Waals surface area contributed by atoms with Crippen molar-refractivity contribution in [2.75, 3.05) is 5.32 Å². The molecule has 0 spiro atoms. The Morgan fingerprint density at radius 2 is 1.97 bits per heavy atom. The first kappa shape index (κ1) is 19.1. The molecule has 0 aliphatic heterocycles. The van der Waals surface area contributed by atoms with E-state index < -0.39 is 17.5 Å². The molecule has 31 heavy (non-hydrogen) atoms. The molecule has 2 aromatic heterocycles. The van der Waals surface area contributed by atoms with Crippen molar-refractivity contribution in [3.05, 3.63) is 76.9 Å². The van der Waals surface area contributed by atoms with Gasteiger partial charge in [0.25, 0.3) is 5.91 Å². The number of hydrogen-bond donors (Lipinski definition) is 1. The number of benzene rings is 2. The van der Waals surface area contributed by atoms with Gasteiger partial charge in [0.05, 0.1) is 11.4 Å². The molecular weight excluding hydrogens is 404 g/mol. The minimum Gasteiger partial charge on any atom is -0.339 e. The van der Waals surface area contributed by atoms with Gasteiger partial charge in [-0.05, 0) is 43.5 Å². The summed E-state index contributed by atoms with van der Waals surface area (Å²) in [6.07, 6.45) is 2.25. The van der Waals surface area contributed by atoms with Gasteiger partial charge in [0.2, 0.25) is 11.7 Å². The number of fused-ring (bicyclic) bond motifs is 1. The number of nitrogens with zero attached hydrogens (tertiary/aromatic N) is 4. The molecule has 9 heteroatoms. The van der Waals surface area contributed by atoms with Gasteiger partial charge in [-0.1, -0.05) is 17.3 Å². The van der Waals surface area contributed by atoms with Gasteiger partial charge in [0, 0.05) is 29.8 Å². The Hall–Kier alpha value is -3.88. The maximum absolute atomic E-state index is 13.8. The Kier molecular flexibility index (Phi) is 4.58. The van der Waals surface area contributed by atoms with Crippen LogP contribution in [0.4, 0.5) is 14.5 Å². The van der Waals surface area contributed by atoms with E-state index in [1.165, 1.54) is 10.7 Å². The Labute approximate surface area is 175 Å². The molecule has 0 saturated carbocycles. The number of carbonyl (C=O) groups is 1. The van der Waals surface area contributed by atoms with Crippen LogP contribution in [0.15, 0.2) is 47.0 Å². The van der Waals surface area contributed by atoms with E-state index in [4.69, 9.17) is 4.52 Å². The molecule has 0 radical (unpaired) electrons. The molecule has 0 unspecified atom stereocenters. The second-order valence-electron chi connectivity index (χ2n) is 7.27. The number of amides is 1. The highest BCUT2D eigenvalue weighted by molar-refractivity contribution is 6.06. The number of aryl methyl sites for hydroxylation is 1. The third kappa shape index (κ3) is 3.37. The highest BCUT2D eigenvalue weighted by atomic mass is 19.2. The van der Waals surface area contributed by atoms with Crippen LogP contribution in [0.5, 0.6) is 0 Å². The molecule has 5 rings (SSSR count). The summed E-state index contributed by atoms with van der Waals surface area (Å²) in [6, 6.07) is 10.7. The maximum Gasteiger partial charge on any atom is 0.276 e. The highest BCUT2D eigenvalue weighted by Crippen LogP contribution is 2.30. The van der Waals surface area contributed by atoms with Crippen molar-refractivity contribution in [1.82, 2.24) is 19.9 Å². The minimum absolute atomic E-state index is 0.260. The number of para-hydroxylation sites is 1. The van der Waals surface area contributed by atoms with Crippen molar-refractivity contribution >= 4 is 11.6 Å². The lowest BCUT2D eigenvalue weighted by atomic mass is 10.1. The molecule has 0 atom stereocenters. The Balaban J connectivity index is 1.51. The molecule has 2 heterocycles. The van der Waals surface area contributed by atoms with Crippen molar-refractivity contribution in [2.45, 2.75) is 26.2 Å². The Morgan fingerprint density at radius 3 is 2.74 bits per heavy atom. The summed E-state index contributed by atoms with van der Waals surface area (Å²) < 4.78 is 33.7. The highest BCUT2D eigenvalue weighted by Gasteiger charge is 2.28. The first-order valence-corrected chi connectivity index (χ1v) is 9.78. The van der Waals surface area contributed by atoms with Crippen LogP contribution in [0.1, 0.15) is 34.1 Å². The first-order chi connectivity index (χ1) is 15.0. The summed E-state index contributed by atoms with van der Waals surface area (Å²) in [5.74, 6) is -1.51. The number of hydrogen-bond acceptors (Lipinski definition) is 5. The lowest BCUT2D eigenvalue weighted by Gasteiger charge is -2.08. The van der Waals surface area contributed by atoms with Crippen LogP contribution in [0, 0.1) is 18.6 Å². The van der Waals surface area contributed by atoms with Crippen molar-refractivity contribution in [3.8, 4) is 17.1 Å². The third-order valence-corrected chi connectivity index (χ3v) is 5.24. The molecule has 1 N–H and O–H groups in total. The summed E-state index contributed by atoms with van der Waals surface area (Å²) in [6.45, 7) is 1.69. The van der Waals surface area contributed by atoms with Gasteiger partial charge >= 0.3 is 0 Å². The van der Waals surface area contributed by atoms with E-state index in [1.807, 2.05) is 6.07 Å². The summed E-state index contributed by atoms with van der Waals surface area (Å²) in [5.41, 5.74) is 3.41. The molecule has 4 aromatic rings. The van der Waals surface area contributed by atoms with Crippen LogP contribution < -0.4 is 5.32 Å². The van der Waals surface area contributed by atoms with Crippen LogP contribution in [0.25, 0.3) is 17.1 Å². The first-order valence-electron chi connectivity index (χ1n) is 9.78. The molecule has 2 aromatic carbocycles. The van der Waals surface area contributed by atoms with E-state index >= 15 is 0 Å². The molecule has 7 nitrogen and oxygen atoms in total. The van der Waals surface area contributed by atoms with Gasteiger partial charge in [-0.25, -0.2) is 13.5 Å². The van der Waals surface area contributed by atoms with Gasteiger partial charge in [0.1, 0.15) is 0 Å². The lowest BCUT2D eigenvalue weighted by Crippen LogP contribution is -2.15. The number of nitrogens with one attached hydrogen (secondary N) is 1. The summed E-state index contributed by atoms with van der Waals surface area (Å²) in [4.78, 5) is 17.4. The minimum atomic E-state index is -0.963. The van der Waals surface area contributed by atoms with Crippen molar-refractivity contribution < 1.29 is 18.1 Å². The molecule has 1 aliphatic carbocycles. The van der Waals surface area contributed by atoms with Crippen molar-refractivity contribution in [2.24, 2.45) is 0 Å². The molecule has 0 fully saturated rings. The fraction of sp³-hybridized carbons (Fsp3) is 0.182. The Bertz CT molecular complexity index is 1310. The van der Waals surface area contributed by atoms with E-state index in [9.17, 15) is 13.6 Å². The van der Waals surface area contributed by atoms with E-state index in [0.717, 1.165) is 29.8 Å². The summed E-state index contributed by atoms with van der Waals surface area (Å²) in [7, 11) is 0. The fourth-order valence-electron chi connectivity index (χ4n) is 3.83. The zero-order valence-electron chi connectivity index (χ0n) is 16.5. The van der Waals surface area contributed by atoms with Gasteiger partial charge in [0.15, 0.2) is 17.3 Å². The fourth-order valence-corrected chi connectivity index (χ4v) is 3.83. The summed E-state index contributed by atoms with van der Waals surface area (Å²) >= 11 is 0. The second kappa shape index (κ2) is 7.42. The smallest absolute Gasteiger partial charge is 0.276 e. The third-order valence-electron chi connectivity index (χ3n) is 5.24. The maximum atomic E-state index is 13.8. The van der Waals surface area contributed by atoms with E-state index in [2.05, 4.69) is 20.6 Å². The van der Waals surface area contributed by atoms with Crippen molar-refractivity contribution in [3.63, 3.8) is 0 Å². The van der Waals surface area contributed by atoms with Crippen LogP contribution in [0.2, 0.25) is 0 Å². The zero-order chi connectivity index (χ0) is 21.5. The lowest BCUT2D eigenvalue weighted by molar-refractivity contribution is 0.102. The predicted molar refractivity (Wildman–Crippen MR) is 108 cm³/mol. The van der Waals surface area contributed by atoms with E-state index in [-0.39, 0.29) is 5.69 Å². The van der Waals surface area contributed by atoms with Gasteiger partial charge in [-0.3, -0.25) is 4.79 Å². The second-order valence-corrected chi connectivity index (χ2v) is 7.27.